The summed E-state index contributed by atoms with van der Waals surface area (Å²) in [5.41, 5.74) is 1.33. The van der Waals surface area contributed by atoms with Crippen molar-refractivity contribution in [3.63, 3.8) is 0 Å². The van der Waals surface area contributed by atoms with Gasteiger partial charge in [-0.25, -0.2) is 4.98 Å². The number of aryl methyl sites for hydroxylation is 1. The number of hydrogen-bond acceptors (Lipinski definition) is 4. The fourth-order valence-electron chi connectivity index (χ4n) is 2.81. The summed E-state index contributed by atoms with van der Waals surface area (Å²) in [5, 5.41) is 4.60. The molecule has 114 valence electrons. The minimum atomic E-state index is 0.921. The third-order valence-electron chi connectivity index (χ3n) is 4.16. The Morgan fingerprint density at radius 1 is 1.30 bits per heavy atom. The monoisotopic (exact) mass is 295 g/mol. The molecule has 20 heavy (non-hydrogen) atoms. The van der Waals surface area contributed by atoms with Crippen molar-refractivity contribution < 1.29 is 0 Å². The van der Waals surface area contributed by atoms with Gasteiger partial charge in [-0.2, -0.15) is 0 Å². The van der Waals surface area contributed by atoms with Crippen LogP contribution in [0.3, 0.4) is 0 Å². The lowest BCUT2D eigenvalue weighted by molar-refractivity contribution is 0.194. The van der Waals surface area contributed by atoms with Gasteiger partial charge in [0.2, 0.25) is 0 Å². The zero-order valence-corrected chi connectivity index (χ0v) is 14.1. The number of aromatic nitrogens is 1. The molecule has 1 aliphatic heterocycles. The quantitative estimate of drug-likeness (QED) is 0.838. The Bertz CT molecular complexity index is 371. The molecule has 0 saturated carbocycles. The van der Waals surface area contributed by atoms with Crippen LogP contribution >= 0.6 is 11.3 Å². The molecule has 4 heteroatoms. The molecule has 1 N–H and O–H groups in total. The minimum absolute atomic E-state index is 0.921. The van der Waals surface area contributed by atoms with Crippen molar-refractivity contribution in [2.75, 3.05) is 26.7 Å². The van der Waals surface area contributed by atoms with E-state index >= 15 is 0 Å². The lowest BCUT2D eigenvalue weighted by Gasteiger charge is -2.29. The van der Waals surface area contributed by atoms with E-state index in [4.69, 9.17) is 4.98 Å². The fraction of sp³-hybridized carbons (Fsp3) is 0.812. The third kappa shape index (κ3) is 4.54. The molecule has 1 aliphatic rings. The zero-order valence-electron chi connectivity index (χ0n) is 13.2. The van der Waals surface area contributed by atoms with Crippen LogP contribution in [0.15, 0.2) is 0 Å². The first-order valence-corrected chi connectivity index (χ1v) is 8.89. The molecular weight excluding hydrogens is 266 g/mol. The molecule has 1 aromatic heterocycles. The number of thiazole rings is 1. The summed E-state index contributed by atoms with van der Waals surface area (Å²) >= 11 is 1.91. The summed E-state index contributed by atoms with van der Waals surface area (Å²) in [7, 11) is 2.02. The number of rotatable bonds is 7. The van der Waals surface area contributed by atoms with Crippen molar-refractivity contribution in [2.45, 2.75) is 52.5 Å². The van der Waals surface area contributed by atoms with Crippen molar-refractivity contribution >= 4 is 11.3 Å². The van der Waals surface area contributed by atoms with Crippen LogP contribution in [0.5, 0.6) is 0 Å². The standard InChI is InChI=1S/C16H29N3S/c1-4-5-14-15(12-17-3)20-16(18-14)8-11-19-9-6-13(2)7-10-19/h13,17H,4-12H2,1-3H3. The molecule has 0 aliphatic carbocycles. The second-order valence-electron chi connectivity index (χ2n) is 6.03. The second-order valence-corrected chi connectivity index (χ2v) is 7.20. The van der Waals surface area contributed by atoms with E-state index in [0.29, 0.717) is 0 Å². The third-order valence-corrected chi connectivity index (χ3v) is 5.32. The Hall–Kier alpha value is -0.450. The van der Waals surface area contributed by atoms with Gasteiger partial charge in [0.1, 0.15) is 0 Å². The molecule has 3 nitrogen and oxygen atoms in total. The van der Waals surface area contributed by atoms with Crippen molar-refractivity contribution in [3.05, 3.63) is 15.6 Å². The average Bonchev–Trinajstić information content (AvgIpc) is 2.82. The van der Waals surface area contributed by atoms with E-state index in [2.05, 4.69) is 24.1 Å². The first-order chi connectivity index (χ1) is 9.72. The van der Waals surface area contributed by atoms with Gasteiger partial charge < -0.3 is 10.2 Å². The minimum Gasteiger partial charge on any atom is -0.315 e. The molecule has 0 spiro atoms. The molecule has 0 aromatic carbocycles. The van der Waals surface area contributed by atoms with Crippen LogP contribution in [-0.4, -0.2) is 36.6 Å². The maximum atomic E-state index is 4.87. The summed E-state index contributed by atoms with van der Waals surface area (Å²) in [6.07, 6.45) is 6.16. The van der Waals surface area contributed by atoms with Crippen LogP contribution in [0.1, 0.15) is 48.7 Å². The van der Waals surface area contributed by atoms with E-state index in [1.54, 1.807) is 0 Å². The number of hydrogen-bond donors (Lipinski definition) is 1. The summed E-state index contributed by atoms with van der Waals surface area (Å²) in [5.74, 6) is 0.921. The number of nitrogens with zero attached hydrogens (tertiary/aromatic N) is 2. The normalized spacial score (nSPS) is 17.8. The number of nitrogens with one attached hydrogen (secondary N) is 1. The van der Waals surface area contributed by atoms with Crippen LogP contribution in [0.4, 0.5) is 0 Å². The predicted octanol–water partition coefficient (Wildman–Crippen LogP) is 3.09. The molecule has 2 heterocycles. The molecule has 0 bridgehead atoms. The summed E-state index contributed by atoms with van der Waals surface area (Å²) in [4.78, 5) is 8.92. The van der Waals surface area contributed by atoms with Gasteiger partial charge in [-0.3, -0.25) is 0 Å². The van der Waals surface area contributed by atoms with E-state index in [1.807, 2.05) is 18.4 Å². The smallest absolute Gasteiger partial charge is 0.0944 e. The van der Waals surface area contributed by atoms with Crippen LogP contribution < -0.4 is 5.32 Å². The second kappa shape index (κ2) is 8.11. The topological polar surface area (TPSA) is 28.2 Å². The Morgan fingerprint density at radius 3 is 2.70 bits per heavy atom. The fourth-order valence-corrected chi connectivity index (χ4v) is 3.93. The van der Waals surface area contributed by atoms with Gasteiger partial charge in [-0.1, -0.05) is 20.3 Å². The van der Waals surface area contributed by atoms with Gasteiger partial charge in [0.15, 0.2) is 0 Å². The van der Waals surface area contributed by atoms with E-state index < -0.39 is 0 Å². The highest BCUT2D eigenvalue weighted by molar-refractivity contribution is 7.11. The SMILES string of the molecule is CCCc1nc(CCN2CCC(C)CC2)sc1CNC. The molecular formula is C16H29N3S. The van der Waals surface area contributed by atoms with Crippen LogP contribution in [-0.2, 0) is 19.4 Å². The van der Waals surface area contributed by atoms with E-state index in [1.165, 1.54) is 54.5 Å². The molecule has 0 atom stereocenters. The molecule has 0 radical (unpaired) electrons. The highest BCUT2D eigenvalue weighted by Gasteiger charge is 2.16. The lowest BCUT2D eigenvalue weighted by Crippen LogP contribution is -2.34. The van der Waals surface area contributed by atoms with Gasteiger partial charge in [0.25, 0.3) is 0 Å². The molecule has 0 amide bonds. The summed E-state index contributed by atoms with van der Waals surface area (Å²) in [6, 6.07) is 0. The van der Waals surface area contributed by atoms with Crippen LogP contribution in [0, 0.1) is 5.92 Å². The van der Waals surface area contributed by atoms with E-state index in [-0.39, 0.29) is 0 Å². The molecule has 0 unspecified atom stereocenters. The Morgan fingerprint density at radius 2 is 2.05 bits per heavy atom. The predicted molar refractivity (Wildman–Crippen MR) is 87.4 cm³/mol. The number of piperidine rings is 1. The molecule has 1 saturated heterocycles. The van der Waals surface area contributed by atoms with E-state index in [9.17, 15) is 0 Å². The van der Waals surface area contributed by atoms with Gasteiger partial charge >= 0.3 is 0 Å². The largest absolute Gasteiger partial charge is 0.315 e. The maximum absolute atomic E-state index is 4.87. The van der Waals surface area contributed by atoms with Gasteiger partial charge in [0, 0.05) is 24.4 Å². The van der Waals surface area contributed by atoms with Crippen LogP contribution in [0.25, 0.3) is 0 Å². The molecule has 1 aromatic rings. The highest BCUT2D eigenvalue weighted by Crippen LogP contribution is 2.22. The zero-order chi connectivity index (χ0) is 14.4. The van der Waals surface area contributed by atoms with Crippen molar-refractivity contribution in [1.82, 2.24) is 15.2 Å². The van der Waals surface area contributed by atoms with Crippen molar-refractivity contribution in [1.29, 1.82) is 0 Å². The molecule has 1 fully saturated rings. The maximum Gasteiger partial charge on any atom is 0.0944 e. The lowest BCUT2D eigenvalue weighted by atomic mass is 9.99. The van der Waals surface area contributed by atoms with Crippen molar-refractivity contribution in [2.24, 2.45) is 5.92 Å². The van der Waals surface area contributed by atoms with Crippen LogP contribution in [0.2, 0.25) is 0 Å². The van der Waals surface area contributed by atoms with Gasteiger partial charge in [-0.15, -0.1) is 11.3 Å². The Balaban J connectivity index is 1.87. The van der Waals surface area contributed by atoms with Gasteiger partial charge in [-0.05, 0) is 45.3 Å². The highest BCUT2D eigenvalue weighted by atomic mass is 32.1. The number of likely N-dealkylation sites (tertiary alicyclic amines) is 1. The Labute approximate surface area is 127 Å². The summed E-state index contributed by atoms with van der Waals surface area (Å²) < 4.78 is 0. The van der Waals surface area contributed by atoms with E-state index in [0.717, 1.165) is 25.3 Å². The first-order valence-electron chi connectivity index (χ1n) is 8.07. The van der Waals surface area contributed by atoms with Gasteiger partial charge in [0.05, 0.1) is 10.7 Å². The average molecular weight is 295 g/mol. The Kier molecular flexibility index (Phi) is 6.46. The first kappa shape index (κ1) is 15.9. The van der Waals surface area contributed by atoms with Crippen molar-refractivity contribution in [3.8, 4) is 0 Å². The summed E-state index contributed by atoms with van der Waals surface area (Å²) in [6.45, 7) is 9.31. The molecule has 2 rings (SSSR count).